The van der Waals surface area contributed by atoms with Crippen molar-refractivity contribution in [2.45, 2.75) is 30.5 Å². The van der Waals surface area contributed by atoms with E-state index in [9.17, 15) is 23.1 Å². The second-order valence-electron chi connectivity index (χ2n) is 7.71. The highest BCUT2D eigenvalue weighted by atomic mass is 19.4. The van der Waals surface area contributed by atoms with Crippen molar-refractivity contribution in [1.29, 1.82) is 0 Å². The van der Waals surface area contributed by atoms with Gasteiger partial charge in [0.15, 0.2) is 0 Å². The molecule has 0 amide bonds. The largest absolute Gasteiger partial charge is 0.478 e. The molecule has 1 aliphatic heterocycles. The van der Waals surface area contributed by atoms with E-state index in [1.165, 1.54) is 24.4 Å². The monoisotopic (exact) mass is 391 g/mol. The SMILES string of the molecule is N[C@@]12C[C@H](c3ccccc3C(F)(F)F)C[C@@H]1CN(c1ncccc1C(=O)O)C2. The highest BCUT2D eigenvalue weighted by Crippen LogP contribution is 2.50. The molecule has 3 atom stereocenters. The minimum atomic E-state index is -4.40. The molecular formula is C20H20F3N3O2. The lowest BCUT2D eigenvalue weighted by Gasteiger charge is -2.26. The predicted molar refractivity (Wildman–Crippen MR) is 97.2 cm³/mol. The Balaban J connectivity index is 1.58. The first-order valence-corrected chi connectivity index (χ1v) is 9.07. The Morgan fingerprint density at radius 2 is 2.00 bits per heavy atom. The molecule has 0 radical (unpaired) electrons. The van der Waals surface area contributed by atoms with Gasteiger partial charge in [-0.15, -0.1) is 0 Å². The minimum Gasteiger partial charge on any atom is -0.478 e. The summed E-state index contributed by atoms with van der Waals surface area (Å²) in [5.74, 6) is -0.996. The molecule has 28 heavy (non-hydrogen) atoms. The van der Waals surface area contributed by atoms with E-state index in [0.717, 1.165) is 6.07 Å². The number of carboxylic acid groups (broad SMARTS) is 1. The number of nitrogens with two attached hydrogens (primary N) is 1. The second-order valence-corrected chi connectivity index (χ2v) is 7.71. The van der Waals surface area contributed by atoms with Crippen LogP contribution in [0.4, 0.5) is 19.0 Å². The van der Waals surface area contributed by atoms with Crippen LogP contribution in [0.25, 0.3) is 0 Å². The van der Waals surface area contributed by atoms with Crippen molar-refractivity contribution in [3.8, 4) is 0 Å². The number of nitrogens with zero attached hydrogens (tertiary/aromatic N) is 2. The molecule has 2 fully saturated rings. The van der Waals surface area contributed by atoms with Gasteiger partial charge >= 0.3 is 12.1 Å². The normalized spacial score (nSPS) is 27.1. The number of halogens is 3. The predicted octanol–water partition coefficient (Wildman–Crippen LogP) is 3.51. The fourth-order valence-electron chi connectivity index (χ4n) is 4.75. The van der Waals surface area contributed by atoms with Gasteiger partial charge in [-0.1, -0.05) is 18.2 Å². The van der Waals surface area contributed by atoms with Crippen molar-refractivity contribution in [1.82, 2.24) is 4.98 Å². The minimum absolute atomic E-state index is 0.0255. The maximum absolute atomic E-state index is 13.4. The van der Waals surface area contributed by atoms with Crippen molar-refractivity contribution < 1.29 is 23.1 Å². The smallest absolute Gasteiger partial charge is 0.416 e. The zero-order valence-electron chi connectivity index (χ0n) is 15.0. The zero-order valence-corrected chi connectivity index (χ0v) is 15.0. The third-order valence-corrected chi connectivity index (χ3v) is 5.96. The number of aromatic nitrogens is 1. The average molecular weight is 391 g/mol. The van der Waals surface area contributed by atoms with Crippen molar-refractivity contribution in [3.05, 3.63) is 59.3 Å². The number of anilines is 1. The molecule has 148 valence electrons. The summed E-state index contributed by atoms with van der Waals surface area (Å²) in [6, 6.07) is 8.73. The molecule has 1 aromatic heterocycles. The number of carboxylic acids is 1. The van der Waals surface area contributed by atoms with Gasteiger partial charge in [0, 0.05) is 24.8 Å². The number of pyridine rings is 1. The second kappa shape index (κ2) is 6.48. The number of rotatable bonds is 3. The van der Waals surface area contributed by atoms with Crippen LogP contribution in [-0.2, 0) is 6.18 Å². The van der Waals surface area contributed by atoms with Gasteiger partial charge in [-0.3, -0.25) is 0 Å². The lowest BCUT2D eigenvalue weighted by Crippen LogP contribution is -2.44. The molecule has 4 rings (SSSR count). The van der Waals surface area contributed by atoms with E-state index < -0.39 is 23.2 Å². The Morgan fingerprint density at radius 3 is 2.68 bits per heavy atom. The van der Waals surface area contributed by atoms with Crippen molar-refractivity contribution in [2.75, 3.05) is 18.0 Å². The van der Waals surface area contributed by atoms with Crippen LogP contribution >= 0.6 is 0 Å². The molecule has 2 heterocycles. The first-order chi connectivity index (χ1) is 13.2. The fraction of sp³-hybridized carbons (Fsp3) is 0.400. The quantitative estimate of drug-likeness (QED) is 0.837. The van der Waals surface area contributed by atoms with Crippen LogP contribution < -0.4 is 10.6 Å². The maximum Gasteiger partial charge on any atom is 0.416 e. The van der Waals surface area contributed by atoms with Crippen LogP contribution in [0.3, 0.4) is 0 Å². The average Bonchev–Trinajstić information content (AvgIpc) is 3.12. The van der Waals surface area contributed by atoms with Crippen LogP contribution in [0.2, 0.25) is 0 Å². The Morgan fingerprint density at radius 1 is 1.25 bits per heavy atom. The van der Waals surface area contributed by atoms with Crippen LogP contribution in [0, 0.1) is 5.92 Å². The van der Waals surface area contributed by atoms with Gasteiger partial charge in [0.1, 0.15) is 11.4 Å². The molecule has 2 aromatic rings. The third kappa shape index (κ3) is 3.11. The summed E-state index contributed by atoms with van der Waals surface area (Å²) in [4.78, 5) is 17.5. The Bertz CT molecular complexity index is 918. The van der Waals surface area contributed by atoms with Gasteiger partial charge in [-0.25, -0.2) is 9.78 Å². The topological polar surface area (TPSA) is 79.5 Å². The summed E-state index contributed by atoms with van der Waals surface area (Å²) in [7, 11) is 0. The highest BCUT2D eigenvalue weighted by Gasteiger charge is 2.52. The summed E-state index contributed by atoms with van der Waals surface area (Å²) in [6.45, 7) is 0.859. The fourth-order valence-corrected chi connectivity index (χ4v) is 4.75. The molecule has 2 aliphatic rings. The van der Waals surface area contributed by atoms with Gasteiger partial charge in [0.25, 0.3) is 0 Å². The molecular weight excluding hydrogens is 371 g/mol. The van der Waals surface area contributed by atoms with Crippen LogP contribution in [0.15, 0.2) is 42.6 Å². The number of alkyl halides is 3. The Labute approximate surface area is 160 Å². The number of carbonyl (C=O) groups is 1. The van der Waals surface area contributed by atoms with Crippen molar-refractivity contribution in [2.24, 2.45) is 11.7 Å². The van der Waals surface area contributed by atoms with Crippen molar-refractivity contribution in [3.63, 3.8) is 0 Å². The van der Waals surface area contributed by atoms with E-state index in [-0.39, 0.29) is 17.4 Å². The number of benzene rings is 1. The van der Waals surface area contributed by atoms with Crippen LogP contribution in [0.1, 0.15) is 40.2 Å². The molecule has 3 N–H and O–H groups in total. The summed E-state index contributed by atoms with van der Waals surface area (Å²) < 4.78 is 40.2. The van der Waals surface area contributed by atoms with Crippen molar-refractivity contribution >= 4 is 11.8 Å². The van der Waals surface area contributed by atoms with Gasteiger partial charge in [-0.2, -0.15) is 13.2 Å². The molecule has 1 saturated heterocycles. The van der Waals surface area contributed by atoms with E-state index in [1.807, 2.05) is 4.90 Å². The van der Waals surface area contributed by atoms with Gasteiger partial charge in [0.2, 0.25) is 0 Å². The zero-order chi connectivity index (χ0) is 20.1. The third-order valence-electron chi connectivity index (χ3n) is 5.96. The lowest BCUT2D eigenvalue weighted by atomic mass is 9.89. The van der Waals surface area contributed by atoms with E-state index >= 15 is 0 Å². The number of aromatic carboxylic acids is 1. The number of hydrogen-bond acceptors (Lipinski definition) is 4. The van der Waals surface area contributed by atoms with Crippen LogP contribution in [0.5, 0.6) is 0 Å². The first-order valence-electron chi connectivity index (χ1n) is 9.07. The molecule has 0 bridgehead atoms. The maximum atomic E-state index is 13.4. The molecule has 5 nitrogen and oxygen atoms in total. The summed E-state index contributed by atoms with van der Waals surface area (Å²) >= 11 is 0. The summed E-state index contributed by atoms with van der Waals surface area (Å²) in [5, 5.41) is 9.39. The highest BCUT2D eigenvalue weighted by molar-refractivity contribution is 5.93. The Hall–Kier alpha value is -2.61. The molecule has 0 spiro atoms. The molecule has 1 aliphatic carbocycles. The van der Waals surface area contributed by atoms with E-state index in [1.54, 1.807) is 12.1 Å². The van der Waals surface area contributed by atoms with Crippen LogP contribution in [-0.4, -0.2) is 34.7 Å². The Kier molecular flexibility index (Phi) is 4.33. The standard InChI is InChI=1S/C20H20F3N3O2/c21-20(22,23)16-6-2-1-4-14(16)12-8-13-10-26(11-19(13,24)9-12)17-15(18(27)28)5-3-7-25-17/h1-7,12-13H,8-11,24H2,(H,27,28)/t12-,13-,19-/m1/s1. The summed E-state index contributed by atoms with van der Waals surface area (Å²) in [6.07, 6.45) is -1.90. The van der Waals surface area contributed by atoms with E-state index in [2.05, 4.69) is 4.98 Å². The first kappa shape index (κ1) is 18.7. The molecule has 1 aromatic carbocycles. The van der Waals surface area contributed by atoms with E-state index in [4.69, 9.17) is 5.73 Å². The number of fused-ring (bicyclic) bond motifs is 1. The van der Waals surface area contributed by atoms with Gasteiger partial charge < -0.3 is 15.7 Å². The van der Waals surface area contributed by atoms with E-state index in [0.29, 0.717) is 37.3 Å². The molecule has 0 unspecified atom stereocenters. The summed E-state index contributed by atoms with van der Waals surface area (Å²) in [5.41, 5.74) is 5.74. The molecule has 1 saturated carbocycles. The van der Waals surface area contributed by atoms with Gasteiger partial charge in [-0.05, 0) is 48.4 Å². The number of hydrogen-bond donors (Lipinski definition) is 2. The molecule has 8 heteroatoms. The van der Waals surface area contributed by atoms with Gasteiger partial charge in [0.05, 0.1) is 5.56 Å². The lowest BCUT2D eigenvalue weighted by molar-refractivity contribution is -0.138.